The molecule has 7 nitrogen and oxygen atoms in total. The molecule has 3 fully saturated rings. The van der Waals surface area contributed by atoms with Crippen molar-refractivity contribution in [3.63, 3.8) is 0 Å². The molecular formula is C30H38O7. The van der Waals surface area contributed by atoms with Gasteiger partial charge in [0.1, 0.15) is 5.60 Å². The Labute approximate surface area is 218 Å². The number of hydrogen-bond acceptors (Lipinski definition) is 7. The molecule has 0 radical (unpaired) electrons. The summed E-state index contributed by atoms with van der Waals surface area (Å²) in [7, 11) is 1.53. The van der Waals surface area contributed by atoms with E-state index >= 15 is 0 Å². The highest BCUT2D eigenvalue weighted by Gasteiger charge is 2.75. The SMILES string of the molecule is CO[C@@]12C[C@H]3[C@@H]([C@@H](O)[C@@H](OC(=O)C=Cc4ccccc4)[C@@]4(O)C(C)(C)CCC[C@]34C)[C@@H](C)C1=CC(=O)O2. The third-order valence-corrected chi connectivity index (χ3v) is 10.1. The molecule has 3 aliphatic carbocycles. The number of aliphatic hydroxyl groups is 2. The van der Waals surface area contributed by atoms with Crippen LogP contribution in [0.4, 0.5) is 0 Å². The standard InChI is InChI=1S/C30H38O7/c1-18-20-16-23(32)37-29(20,35-5)17-21-24(18)25(33)26(30(34)27(2,3)14-9-15-28(21,30)4)36-22(31)13-12-19-10-7-6-8-11-19/h6-8,10-13,16,18,21,24-26,33-34H,9,14-15,17H2,1-5H3/t18-,21-,24-,25+,26+,28+,29+,30+/m0/s1. The first-order valence-corrected chi connectivity index (χ1v) is 13.2. The van der Waals surface area contributed by atoms with Crippen LogP contribution in [0.25, 0.3) is 6.08 Å². The Kier molecular flexibility index (Phi) is 6.21. The number of methoxy groups -OCH3 is 1. The van der Waals surface area contributed by atoms with Gasteiger partial charge in [-0.3, -0.25) is 0 Å². The molecule has 200 valence electrons. The summed E-state index contributed by atoms with van der Waals surface area (Å²) in [5, 5.41) is 24.6. The van der Waals surface area contributed by atoms with Crippen LogP contribution in [-0.2, 0) is 23.8 Å². The number of fused-ring (bicyclic) bond motifs is 4. The van der Waals surface area contributed by atoms with Gasteiger partial charge in [0.15, 0.2) is 6.10 Å². The van der Waals surface area contributed by atoms with Gasteiger partial charge in [0.05, 0.1) is 6.10 Å². The van der Waals surface area contributed by atoms with E-state index in [9.17, 15) is 19.8 Å². The molecule has 0 bridgehead atoms. The van der Waals surface area contributed by atoms with Crippen LogP contribution < -0.4 is 0 Å². The van der Waals surface area contributed by atoms with E-state index in [0.717, 1.165) is 18.4 Å². The van der Waals surface area contributed by atoms with Crippen molar-refractivity contribution < 1.29 is 34.0 Å². The Balaban J connectivity index is 1.57. The summed E-state index contributed by atoms with van der Waals surface area (Å²) in [6.45, 7) is 7.96. The number of aliphatic hydroxyl groups excluding tert-OH is 1. The summed E-state index contributed by atoms with van der Waals surface area (Å²) < 4.78 is 17.6. The Hall–Kier alpha value is -2.48. The molecule has 4 aliphatic rings. The minimum absolute atomic E-state index is 0.236. The Morgan fingerprint density at radius 3 is 2.54 bits per heavy atom. The van der Waals surface area contributed by atoms with Gasteiger partial charge >= 0.3 is 11.9 Å². The molecule has 0 amide bonds. The lowest BCUT2D eigenvalue weighted by molar-refractivity contribution is -0.332. The molecule has 0 aromatic heterocycles. The lowest BCUT2D eigenvalue weighted by Crippen LogP contribution is -2.77. The zero-order chi connectivity index (χ0) is 26.8. The van der Waals surface area contributed by atoms with Gasteiger partial charge in [-0.05, 0) is 47.6 Å². The zero-order valence-electron chi connectivity index (χ0n) is 22.3. The molecule has 1 aromatic carbocycles. The monoisotopic (exact) mass is 510 g/mol. The summed E-state index contributed by atoms with van der Waals surface area (Å²) in [6.07, 6.45) is 4.82. The van der Waals surface area contributed by atoms with Crippen molar-refractivity contribution in [1.82, 2.24) is 0 Å². The second-order valence-corrected chi connectivity index (χ2v) is 12.2. The predicted octanol–water partition coefficient (Wildman–Crippen LogP) is 4.03. The second kappa shape index (κ2) is 8.79. The summed E-state index contributed by atoms with van der Waals surface area (Å²) >= 11 is 0. The average molecular weight is 511 g/mol. The minimum Gasteiger partial charge on any atom is -0.453 e. The van der Waals surface area contributed by atoms with Gasteiger partial charge in [-0.15, -0.1) is 0 Å². The van der Waals surface area contributed by atoms with Crippen LogP contribution in [0, 0.1) is 28.6 Å². The Morgan fingerprint density at radius 2 is 1.86 bits per heavy atom. The molecule has 3 saturated carbocycles. The number of benzene rings is 1. The van der Waals surface area contributed by atoms with E-state index in [-0.39, 0.29) is 17.8 Å². The molecule has 2 N–H and O–H groups in total. The van der Waals surface area contributed by atoms with Gasteiger partial charge in [-0.25, -0.2) is 9.59 Å². The first kappa shape index (κ1) is 26.1. The van der Waals surface area contributed by atoms with Gasteiger partial charge in [-0.1, -0.05) is 64.4 Å². The maximum atomic E-state index is 13.1. The van der Waals surface area contributed by atoms with Gasteiger partial charge < -0.3 is 24.4 Å². The van der Waals surface area contributed by atoms with E-state index < -0.39 is 46.4 Å². The van der Waals surface area contributed by atoms with Crippen molar-refractivity contribution in [2.75, 3.05) is 7.11 Å². The van der Waals surface area contributed by atoms with Crippen molar-refractivity contribution in [2.45, 2.75) is 77.0 Å². The number of carbonyl (C=O) groups excluding carboxylic acids is 2. The fourth-order valence-electron chi connectivity index (χ4n) is 8.26. The quantitative estimate of drug-likeness (QED) is 0.466. The number of carbonyl (C=O) groups is 2. The maximum absolute atomic E-state index is 13.1. The fourth-order valence-corrected chi connectivity index (χ4v) is 8.26. The van der Waals surface area contributed by atoms with Crippen molar-refractivity contribution in [1.29, 1.82) is 0 Å². The van der Waals surface area contributed by atoms with Crippen LogP contribution in [0.5, 0.6) is 0 Å². The highest BCUT2D eigenvalue weighted by Crippen LogP contribution is 2.69. The molecule has 37 heavy (non-hydrogen) atoms. The number of rotatable bonds is 4. The molecule has 1 heterocycles. The molecule has 7 heteroatoms. The second-order valence-electron chi connectivity index (χ2n) is 12.2. The van der Waals surface area contributed by atoms with Crippen LogP contribution in [-0.4, -0.2) is 52.9 Å². The smallest absolute Gasteiger partial charge is 0.333 e. The minimum atomic E-state index is -1.52. The lowest BCUT2D eigenvalue weighted by Gasteiger charge is -2.69. The molecule has 1 aliphatic heterocycles. The van der Waals surface area contributed by atoms with E-state index in [0.29, 0.717) is 18.4 Å². The first-order chi connectivity index (χ1) is 17.4. The molecule has 0 spiro atoms. The van der Waals surface area contributed by atoms with Crippen LogP contribution in [0.1, 0.15) is 58.9 Å². The fraction of sp³-hybridized carbons (Fsp3) is 0.600. The summed E-state index contributed by atoms with van der Waals surface area (Å²) in [5.41, 5.74) is -1.36. The topological polar surface area (TPSA) is 102 Å². The predicted molar refractivity (Wildman–Crippen MR) is 137 cm³/mol. The number of esters is 2. The van der Waals surface area contributed by atoms with Crippen LogP contribution in [0.2, 0.25) is 0 Å². The molecular weight excluding hydrogens is 472 g/mol. The highest BCUT2D eigenvalue weighted by atomic mass is 16.7. The van der Waals surface area contributed by atoms with Crippen molar-refractivity contribution in [2.24, 2.45) is 28.6 Å². The lowest BCUT2D eigenvalue weighted by atomic mass is 9.39. The van der Waals surface area contributed by atoms with Crippen LogP contribution in [0.15, 0.2) is 48.1 Å². The molecule has 0 unspecified atom stereocenters. The largest absolute Gasteiger partial charge is 0.453 e. The van der Waals surface area contributed by atoms with E-state index in [1.165, 1.54) is 19.3 Å². The normalized spacial score (nSPS) is 42.3. The summed E-state index contributed by atoms with van der Waals surface area (Å²) in [4.78, 5) is 25.5. The maximum Gasteiger partial charge on any atom is 0.333 e. The average Bonchev–Trinajstić information content (AvgIpc) is 3.21. The number of hydrogen-bond donors (Lipinski definition) is 2. The van der Waals surface area contributed by atoms with Gasteiger partial charge in [-0.2, -0.15) is 0 Å². The van der Waals surface area contributed by atoms with E-state index in [4.69, 9.17) is 14.2 Å². The number of ether oxygens (including phenoxy) is 3. The van der Waals surface area contributed by atoms with E-state index in [1.54, 1.807) is 6.08 Å². The third kappa shape index (κ3) is 3.65. The van der Waals surface area contributed by atoms with Crippen molar-refractivity contribution in [3.8, 4) is 0 Å². The molecule has 5 rings (SSSR count). The molecule has 1 aromatic rings. The third-order valence-electron chi connectivity index (χ3n) is 10.1. The molecule has 8 atom stereocenters. The summed E-state index contributed by atoms with van der Waals surface area (Å²) in [5.74, 6) is -3.16. The van der Waals surface area contributed by atoms with Crippen LogP contribution in [0.3, 0.4) is 0 Å². The van der Waals surface area contributed by atoms with Crippen molar-refractivity contribution in [3.05, 3.63) is 53.6 Å². The van der Waals surface area contributed by atoms with Gasteiger partial charge in [0.2, 0.25) is 5.79 Å². The first-order valence-electron chi connectivity index (χ1n) is 13.2. The van der Waals surface area contributed by atoms with Crippen molar-refractivity contribution >= 4 is 18.0 Å². The highest BCUT2D eigenvalue weighted by molar-refractivity contribution is 5.87. The summed E-state index contributed by atoms with van der Waals surface area (Å²) in [6, 6.07) is 9.41. The zero-order valence-corrected chi connectivity index (χ0v) is 22.3. The Morgan fingerprint density at radius 1 is 1.16 bits per heavy atom. The van der Waals surface area contributed by atoms with Crippen LogP contribution >= 0.6 is 0 Å². The molecule has 0 saturated heterocycles. The van der Waals surface area contributed by atoms with Gasteiger partial charge in [0.25, 0.3) is 0 Å². The van der Waals surface area contributed by atoms with E-state index in [1.807, 2.05) is 58.0 Å². The van der Waals surface area contributed by atoms with E-state index in [2.05, 4.69) is 0 Å². The van der Waals surface area contributed by atoms with Gasteiger partial charge in [0, 0.05) is 36.7 Å². The Bertz CT molecular complexity index is 1140.